The molecule has 1 aromatic carbocycles. The summed E-state index contributed by atoms with van der Waals surface area (Å²) in [4.78, 5) is 14.3. The van der Waals surface area contributed by atoms with Crippen LogP contribution >= 0.6 is 0 Å². The van der Waals surface area contributed by atoms with Crippen LogP contribution in [0.1, 0.15) is 5.56 Å². The molecule has 16 heavy (non-hydrogen) atoms. The smallest absolute Gasteiger partial charge is 0.356 e. The third-order valence-electron chi connectivity index (χ3n) is 2.04. The van der Waals surface area contributed by atoms with E-state index in [0.29, 0.717) is 6.61 Å². The number of nitrogens with zero attached hydrogens (tertiary/aromatic N) is 1. The van der Waals surface area contributed by atoms with Gasteiger partial charge in [0, 0.05) is 6.42 Å². The van der Waals surface area contributed by atoms with Crippen LogP contribution in [0.15, 0.2) is 47.5 Å². The minimum Gasteiger partial charge on any atom is -0.495 e. The number of benzene rings is 1. The Kier molecular flexibility index (Phi) is 3.33. The molecule has 1 aromatic rings. The van der Waals surface area contributed by atoms with E-state index in [4.69, 9.17) is 4.74 Å². The average molecular weight is 217 g/mol. The first-order valence-corrected chi connectivity index (χ1v) is 4.96. The molecule has 0 aromatic heterocycles. The Bertz CT molecular complexity index is 423. The molecule has 4 heteroatoms. The fraction of sp³-hybridized carbons (Fsp3) is 0.167. The first kappa shape index (κ1) is 10.4. The van der Waals surface area contributed by atoms with Crippen molar-refractivity contribution in [2.45, 2.75) is 6.42 Å². The van der Waals surface area contributed by atoms with E-state index in [-0.39, 0.29) is 5.88 Å². The van der Waals surface area contributed by atoms with E-state index in [1.54, 1.807) is 0 Å². The molecule has 0 fully saturated rings. The molecule has 1 heterocycles. The van der Waals surface area contributed by atoms with E-state index >= 15 is 0 Å². The van der Waals surface area contributed by atoms with Gasteiger partial charge in [0.05, 0.1) is 6.61 Å². The normalized spacial score (nSPS) is 16.5. The second kappa shape index (κ2) is 5.11. The van der Waals surface area contributed by atoms with Crippen molar-refractivity contribution in [3.8, 4) is 0 Å². The summed E-state index contributed by atoms with van der Waals surface area (Å²) in [6, 6.07) is 10.0. The Morgan fingerprint density at radius 1 is 1.31 bits per heavy atom. The number of rotatable bonds is 4. The van der Waals surface area contributed by atoms with Crippen LogP contribution in [0.25, 0.3) is 0 Å². The van der Waals surface area contributed by atoms with E-state index < -0.39 is 5.97 Å². The summed E-state index contributed by atoms with van der Waals surface area (Å²) in [7, 11) is 0. The van der Waals surface area contributed by atoms with Crippen LogP contribution in [0.4, 0.5) is 0 Å². The summed E-state index contributed by atoms with van der Waals surface area (Å²) >= 11 is 0. The van der Waals surface area contributed by atoms with Crippen LogP contribution in [0.2, 0.25) is 0 Å². The standard InChI is InChI=1S/C12H11NO3/c14-12-8-13-11(16-12)9-15-7-6-10-4-2-1-3-5-10/h1-5,8-9H,6-7H2. The average Bonchev–Trinajstić information content (AvgIpc) is 2.72. The van der Waals surface area contributed by atoms with Gasteiger partial charge in [-0.15, -0.1) is 0 Å². The monoisotopic (exact) mass is 217 g/mol. The number of carbonyl (C=O) groups excluding carboxylic acids is 1. The summed E-state index contributed by atoms with van der Waals surface area (Å²) < 4.78 is 9.91. The number of cyclic esters (lactones) is 1. The lowest BCUT2D eigenvalue weighted by Crippen LogP contribution is -1.97. The van der Waals surface area contributed by atoms with Crippen LogP contribution < -0.4 is 0 Å². The van der Waals surface area contributed by atoms with Gasteiger partial charge in [0.1, 0.15) is 12.5 Å². The van der Waals surface area contributed by atoms with Crippen LogP contribution in [0, 0.1) is 0 Å². The van der Waals surface area contributed by atoms with E-state index in [1.807, 2.05) is 30.3 Å². The van der Waals surface area contributed by atoms with Gasteiger partial charge < -0.3 is 9.47 Å². The lowest BCUT2D eigenvalue weighted by Gasteiger charge is -2.01. The highest BCUT2D eigenvalue weighted by atomic mass is 16.6. The van der Waals surface area contributed by atoms with Crippen molar-refractivity contribution in [3.63, 3.8) is 0 Å². The molecule has 0 saturated carbocycles. The fourth-order valence-corrected chi connectivity index (χ4v) is 1.28. The summed E-state index contributed by atoms with van der Waals surface area (Å²) in [5.41, 5.74) is 1.20. The summed E-state index contributed by atoms with van der Waals surface area (Å²) in [5.74, 6) is -0.254. The van der Waals surface area contributed by atoms with Gasteiger partial charge >= 0.3 is 5.97 Å². The summed E-state index contributed by atoms with van der Waals surface area (Å²) in [6.45, 7) is 0.528. The van der Waals surface area contributed by atoms with Crippen molar-refractivity contribution < 1.29 is 14.3 Å². The van der Waals surface area contributed by atoms with Crippen molar-refractivity contribution in [2.24, 2.45) is 4.99 Å². The zero-order chi connectivity index (χ0) is 11.2. The number of hydrogen-bond acceptors (Lipinski definition) is 4. The van der Waals surface area contributed by atoms with Gasteiger partial charge in [-0.25, -0.2) is 9.79 Å². The number of carbonyl (C=O) groups is 1. The number of esters is 1. The molecule has 0 aliphatic carbocycles. The number of aliphatic imine (C=N–C) groups is 1. The van der Waals surface area contributed by atoms with Gasteiger partial charge in [0.2, 0.25) is 0 Å². The number of hydrogen-bond donors (Lipinski definition) is 0. The van der Waals surface area contributed by atoms with Gasteiger partial charge in [-0.05, 0) is 5.56 Å². The molecule has 0 radical (unpaired) electrons. The van der Waals surface area contributed by atoms with Gasteiger partial charge in [-0.1, -0.05) is 30.3 Å². The Morgan fingerprint density at radius 2 is 2.12 bits per heavy atom. The molecule has 0 N–H and O–H groups in total. The summed E-state index contributed by atoms with van der Waals surface area (Å²) in [6.07, 6.45) is 3.28. The molecule has 0 bridgehead atoms. The van der Waals surface area contributed by atoms with Crippen LogP contribution in [0.3, 0.4) is 0 Å². The molecule has 2 rings (SSSR count). The highest BCUT2D eigenvalue weighted by Crippen LogP contribution is 2.06. The fourth-order valence-electron chi connectivity index (χ4n) is 1.28. The highest BCUT2D eigenvalue weighted by Gasteiger charge is 2.10. The van der Waals surface area contributed by atoms with Crippen molar-refractivity contribution in [2.75, 3.05) is 6.61 Å². The third-order valence-corrected chi connectivity index (χ3v) is 2.04. The first-order valence-electron chi connectivity index (χ1n) is 4.96. The van der Waals surface area contributed by atoms with E-state index in [0.717, 1.165) is 12.6 Å². The van der Waals surface area contributed by atoms with Gasteiger partial charge in [0.15, 0.2) is 0 Å². The lowest BCUT2D eigenvalue weighted by atomic mass is 10.2. The topological polar surface area (TPSA) is 47.9 Å². The van der Waals surface area contributed by atoms with Crippen molar-refractivity contribution >= 4 is 12.2 Å². The van der Waals surface area contributed by atoms with E-state index in [2.05, 4.69) is 9.73 Å². The van der Waals surface area contributed by atoms with E-state index in [9.17, 15) is 4.79 Å². The van der Waals surface area contributed by atoms with Crippen LogP contribution in [0.5, 0.6) is 0 Å². The Balaban J connectivity index is 1.73. The molecular formula is C12H11NO3. The molecular weight excluding hydrogens is 206 g/mol. The van der Waals surface area contributed by atoms with Crippen LogP contribution in [-0.2, 0) is 20.7 Å². The zero-order valence-electron chi connectivity index (χ0n) is 8.63. The molecule has 1 aliphatic rings. The third kappa shape index (κ3) is 2.95. The maximum Gasteiger partial charge on any atom is 0.356 e. The quantitative estimate of drug-likeness (QED) is 0.438. The molecule has 0 amide bonds. The molecule has 82 valence electrons. The molecule has 4 nitrogen and oxygen atoms in total. The Labute approximate surface area is 93.2 Å². The van der Waals surface area contributed by atoms with Crippen LogP contribution in [-0.4, -0.2) is 18.8 Å². The largest absolute Gasteiger partial charge is 0.495 e. The van der Waals surface area contributed by atoms with Crippen molar-refractivity contribution in [1.29, 1.82) is 0 Å². The van der Waals surface area contributed by atoms with Gasteiger partial charge in [-0.3, -0.25) is 0 Å². The van der Waals surface area contributed by atoms with Crippen molar-refractivity contribution in [3.05, 3.63) is 48.0 Å². The number of ether oxygens (including phenoxy) is 2. The Hall–Kier alpha value is -2.10. The SMILES string of the molecule is O=C1C=NC(=COCCc2ccccc2)O1. The minimum absolute atomic E-state index is 0.207. The van der Waals surface area contributed by atoms with Crippen molar-refractivity contribution in [1.82, 2.24) is 0 Å². The zero-order valence-corrected chi connectivity index (χ0v) is 8.63. The lowest BCUT2D eigenvalue weighted by molar-refractivity contribution is -0.130. The molecule has 0 atom stereocenters. The second-order valence-corrected chi connectivity index (χ2v) is 3.24. The highest BCUT2D eigenvalue weighted by molar-refractivity contribution is 6.25. The molecule has 1 aliphatic heterocycles. The van der Waals surface area contributed by atoms with Gasteiger partial charge in [0.25, 0.3) is 5.88 Å². The minimum atomic E-state index is -0.460. The molecule has 0 spiro atoms. The second-order valence-electron chi connectivity index (χ2n) is 3.24. The maximum atomic E-state index is 10.6. The Morgan fingerprint density at radius 3 is 2.81 bits per heavy atom. The maximum absolute atomic E-state index is 10.6. The predicted octanol–water partition coefficient (Wildman–Crippen LogP) is 1.67. The van der Waals surface area contributed by atoms with Gasteiger partial charge in [-0.2, -0.15) is 0 Å². The summed E-state index contributed by atoms with van der Waals surface area (Å²) in [5, 5.41) is 0. The molecule has 0 unspecified atom stereocenters. The molecule has 0 saturated heterocycles. The van der Waals surface area contributed by atoms with E-state index in [1.165, 1.54) is 11.8 Å². The first-order chi connectivity index (χ1) is 7.84. The predicted molar refractivity (Wildman–Crippen MR) is 58.8 cm³/mol.